The van der Waals surface area contributed by atoms with Crippen molar-refractivity contribution in [1.29, 1.82) is 0 Å². The van der Waals surface area contributed by atoms with Crippen LogP contribution in [-0.4, -0.2) is 36.9 Å². The molecule has 2 atom stereocenters. The van der Waals surface area contributed by atoms with Crippen molar-refractivity contribution >= 4 is 5.91 Å². The van der Waals surface area contributed by atoms with Crippen LogP contribution in [0.15, 0.2) is 0 Å². The van der Waals surface area contributed by atoms with E-state index in [0.717, 1.165) is 19.4 Å². The minimum atomic E-state index is -0.273. The molecule has 1 fully saturated rings. The highest BCUT2D eigenvalue weighted by atomic mass is 16.5. The lowest BCUT2D eigenvalue weighted by atomic mass is 10.1. The molecular weight excluding hydrogens is 206 g/mol. The summed E-state index contributed by atoms with van der Waals surface area (Å²) < 4.78 is 10.9. The van der Waals surface area contributed by atoms with Gasteiger partial charge in [0.2, 0.25) is 5.91 Å². The highest BCUT2D eigenvalue weighted by molar-refractivity contribution is 5.77. The van der Waals surface area contributed by atoms with Crippen LogP contribution in [0.5, 0.6) is 0 Å². The Morgan fingerprint density at radius 2 is 2.25 bits per heavy atom. The predicted molar refractivity (Wildman–Crippen MR) is 62.3 cm³/mol. The van der Waals surface area contributed by atoms with Gasteiger partial charge in [0.25, 0.3) is 0 Å². The molecular formula is C12H23NO3. The van der Waals surface area contributed by atoms with Crippen LogP contribution < -0.4 is 5.32 Å². The van der Waals surface area contributed by atoms with E-state index in [1.54, 1.807) is 0 Å². The molecule has 4 heteroatoms. The summed E-state index contributed by atoms with van der Waals surface area (Å²) in [6.45, 7) is 8.70. The fourth-order valence-corrected chi connectivity index (χ4v) is 1.67. The molecule has 0 saturated carbocycles. The number of ether oxygens (including phenoxy) is 2. The molecule has 0 spiro atoms. The Labute approximate surface area is 97.7 Å². The average molecular weight is 229 g/mol. The van der Waals surface area contributed by atoms with Crippen molar-refractivity contribution in [2.75, 3.05) is 13.2 Å². The van der Waals surface area contributed by atoms with Crippen molar-refractivity contribution < 1.29 is 14.3 Å². The second-order valence-corrected chi connectivity index (χ2v) is 5.31. The van der Waals surface area contributed by atoms with Crippen molar-refractivity contribution in [2.45, 2.75) is 58.3 Å². The van der Waals surface area contributed by atoms with Gasteiger partial charge in [-0.15, -0.1) is 0 Å². The minimum absolute atomic E-state index is 0.0681. The topological polar surface area (TPSA) is 47.6 Å². The van der Waals surface area contributed by atoms with Crippen molar-refractivity contribution in [3.05, 3.63) is 0 Å². The van der Waals surface area contributed by atoms with Gasteiger partial charge in [0.15, 0.2) is 0 Å². The first-order valence-corrected chi connectivity index (χ1v) is 5.93. The van der Waals surface area contributed by atoms with Gasteiger partial charge < -0.3 is 14.8 Å². The van der Waals surface area contributed by atoms with Gasteiger partial charge in [0.05, 0.1) is 17.7 Å². The maximum absolute atomic E-state index is 11.6. The number of nitrogens with one attached hydrogen (secondary N) is 1. The number of hydrogen-bond donors (Lipinski definition) is 1. The van der Waals surface area contributed by atoms with Crippen LogP contribution in [0, 0.1) is 0 Å². The van der Waals surface area contributed by atoms with Gasteiger partial charge in [-0.1, -0.05) is 0 Å². The molecule has 2 unspecified atom stereocenters. The first kappa shape index (κ1) is 13.5. The summed E-state index contributed by atoms with van der Waals surface area (Å²) in [6.07, 6.45) is 2.28. The lowest BCUT2D eigenvalue weighted by Crippen LogP contribution is -2.43. The highest BCUT2D eigenvalue weighted by Crippen LogP contribution is 2.15. The molecule has 1 N–H and O–H groups in total. The zero-order valence-electron chi connectivity index (χ0n) is 10.7. The molecule has 16 heavy (non-hydrogen) atoms. The Hall–Kier alpha value is -0.610. The number of rotatable bonds is 4. The van der Waals surface area contributed by atoms with Gasteiger partial charge in [-0.05, 0) is 40.5 Å². The van der Waals surface area contributed by atoms with Crippen LogP contribution >= 0.6 is 0 Å². The molecule has 0 aliphatic carbocycles. The van der Waals surface area contributed by atoms with Crippen molar-refractivity contribution in [2.24, 2.45) is 0 Å². The molecule has 0 aromatic heterocycles. The number of carbonyl (C=O) groups excluding carboxylic acids is 1. The zero-order valence-corrected chi connectivity index (χ0v) is 10.7. The highest BCUT2D eigenvalue weighted by Gasteiger charge is 2.24. The first-order valence-electron chi connectivity index (χ1n) is 5.93. The van der Waals surface area contributed by atoms with E-state index in [-0.39, 0.29) is 30.3 Å². The maximum Gasteiger partial charge on any atom is 0.246 e. The molecule has 94 valence electrons. The van der Waals surface area contributed by atoms with Crippen molar-refractivity contribution in [1.82, 2.24) is 5.32 Å². The van der Waals surface area contributed by atoms with Crippen LogP contribution in [-0.2, 0) is 14.3 Å². The van der Waals surface area contributed by atoms with Gasteiger partial charge in [0, 0.05) is 6.61 Å². The summed E-state index contributed by atoms with van der Waals surface area (Å²) in [4.78, 5) is 11.6. The number of amides is 1. The Kier molecular flexibility index (Phi) is 4.74. The van der Waals surface area contributed by atoms with E-state index in [1.165, 1.54) is 0 Å². The predicted octanol–water partition coefficient (Wildman–Crippen LogP) is 1.49. The molecule has 1 heterocycles. The molecule has 0 aromatic rings. The summed E-state index contributed by atoms with van der Waals surface area (Å²) >= 11 is 0. The molecule has 1 rings (SSSR count). The normalized spacial score (nSPS) is 23.1. The second kappa shape index (κ2) is 5.64. The van der Waals surface area contributed by atoms with Gasteiger partial charge in [-0.3, -0.25) is 4.79 Å². The number of carbonyl (C=O) groups is 1. The molecule has 1 aliphatic rings. The molecule has 4 nitrogen and oxygen atoms in total. The average Bonchev–Trinajstić information content (AvgIpc) is 2.66. The van der Waals surface area contributed by atoms with Crippen LogP contribution in [0.2, 0.25) is 0 Å². The maximum atomic E-state index is 11.6. The van der Waals surface area contributed by atoms with E-state index < -0.39 is 0 Å². The van der Waals surface area contributed by atoms with E-state index in [9.17, 15) is 4.79 Å². The number of hydrogen-bond acceptors (Lipinski definition) is 3. The van der Waals surface area contributed by atoms with E-state index >= 15 is 0 Å². The monoisotopic (exact) mass is 229 g/mol. The molecule has 1 amide bonds. The lowest BCUT2D eigenvalue weighted by Gasteiger charge is -2.22. The smallest absolute Gasteiger partial charge is 0.246 e. The SMILES string of the molecule is CC(NC(=O)COC(C)(C)C)C1CCCO1. The third-order valence-electron chi connectivity index (χ3n) is 2.55. The van der Waals surface area contributed by atoms with Gasteiger partial charge in [0.1, 0.15) is 6.61 Å². The van der Waals surface area contributed by atoms with Crippen molar-refractivity contribution in [3.8, 4) is 0 Å². The van der Waals surface area contributed by atoms with Gasteiger partial charge >= 0.3 is 0 Å². The minimum Gasteiger partial charge on any atom is -0.376 e. The van der Waals surface area contributed by atoms with Gasteiger partial charge in [-0.25, -0.2) is 0 Å². The fourth-order valence-electron chi connectivity index (χ4n) is 1.67. The van der Waals surface area contributed by atoms with E-state index in [2.05, 4.69) is 5.32 Å². The van der Waals surface area contributed by atoms with Crippen LogP contribution in [0.25, 0.3) is 0 Å². The third-order valence-corrected chi connectivity index (χ3v) is 2.55. The molecule has 0 bridgehead atoms. The summed E-state index contributed by atoms with van der Waals surface area (Å²) in [5, 5.41) is 2.91. The summed E-state index contributed by atoms with van der Waals surface area (Å²) in [5.74, 6) is -0.0714. The van der Waals surface area contributed by atoms with Gasteiger partial charge in [-0.2, -0.15) is 0 Å². The van der Waals surface area contributed by atoms with Crippen LogP contribution in [0.3, 0.4) is 0 Å². The summed E-state index contributed by atoms with van der Waals surface area (Å²) in [6, 6.07) is 0.0681. The Balaban J connectivity index is 2.22. The quantitative estimate of drug-likeness (QED) is 0.794. The molecule has 0 radical (unpaired) electrons. The standard InChI is InChI=1S/C12H23NO3/c1-9(10-6-5-7-15-10)13-11(14)8-16-12(2,3)4/h9-10H,5-8H2,1-4H3,(H,13,14). The second-order valence-electron chi connectivity index (χ2n) is 5.31. The Morgan fingerprint density at radius 3 is 2.75 bits per heavy atom. The van der Waals surface area contributed by atoms with E-state index in [0.29, 0.717) is 0 Å². The Morgan fingerprint density at radius 1 is 1.56 bits per heavy atom. The Bertz CT molecular complexity index is 229. The third kappa shape index (κ3) is 4.94. The molecule has 0 aromatic carbocycles. The molecule has 1 saturated heterocycles. The van der Waals surface area contributed by atoms with E-state index in [1.807, 2.05) is 27.7 Å². The molecule has 1 aliphatic heterocycles. The lowest BCUT2D eigenvalue weighted by molar-refractivity contribution is -0.132. The van der Waals surface area contributed by atoms with Crippen LogP contribution in [0.1, 0.15) is 40.5 Å². The summed E-state index contributed by atoms with van der Waals surface area (Å²) in [7, 11) is 0. The van der Waals surface area contributed by atoms with E-state index in [4.69, 9.17) is 9.47 Å². The van der Waals surface area contributed by atoms with Crippen LogP contribution in [0.4, 0.5) is 0 Å². The summed E-state index contributed by atoms with van der Waals surface area (Å²) in [5.41, 5.74) is -0.273. The largest absolute Gasteiger partial charge is 0.376 e. The first-order chi connectivity index (χ1) is 7.38. The zero-order chi connectivity index (χ0) is 12.2. The fraction of sp³-hybridized carbons (Fsp3) is 0.917. The van der Waals surface area contributed by atoms with Crippen molar-refractivity contribution in [3.63, 3.8) is 0 Å².